The number of anilines is 1. The summed E-state index contributed by atoms with van der Waals surface area (Å²) >= 11 is 5.89. The van der Waals surface area contributed by atoms with Crippen molar-refractivity contribution in [2.24, 2.45) is 17.8 Å². The summed E-state index contributed by atoms with van der Waals surface area (Å²) in [6.07, 6.45) is 2.45. The molecule has 1 saturated heterocycles. The number of imide groups is 1. The summed E-state index contributed by atoms with van der Waals surface area (Å²) in [4.78, 5) is 58.0. The van der Waals surface area contributed by atoms with Crippen molar-refractivity contribution in [1.29, 1.82) is 0 Å². The molecule has 1 aliphatic heterocycles. The van der Waals surface area contributed by atoms with Crippen LogP contribution in [-0.4, -0.2) is 35.2 Å². The zero-order chi connectivity index (χ0) is 28.7. The van der Waals surface area contributed by atoms with E-state index in [0.29, 0.717) is 44.4 Å². The first-order chi connectivity index (χ1) is 19.8. The normalized spacial score (nSPS) is 20.2. The Hall–Kier alpha value is -4.36. The Morgan fingerprint density at radius 1 is 0.927 bits per heavy atom. The van der Waals surface area contributed by atoms with Gasteiger partial charge >= 0.3 is 5.97 Å². The molecule has 7 nitrogen and oxygen atoms in total. The summed E-state index contributed by atoms with van der Waals surface area (Å²) in [5.41, 5.74) is 3.02. The van der Waals surface area contributed by atoms with Crippen LogP contribution in [0.15, 0.2) is 78.9 Å². The average Bonchev–Trinajstić information content (AvgIpc) is 3.24. The maximum absolute atomic E-state index is 13.2. The molecule has 2 amide bonds. The van der Waals surface area contributed by atoms with Crippen LogP contribution in [0.1, 0.15) is 46.9 Å². The number of carbonyl (C=O) groups excluding carboxylic acids is 4. The van der Waals surface area contributed by atoms with Gasteiger partial charge in [0.25, 0.3) is 0 Å². The number of para-hydroxylation sites is 1. The van der Waals surface area contributed by atoms with Crippen LogP contribution in [0.3, 0.4) is 0 Å². The van der Waals surface area contributed by atoms with Gasteiger partial charge in [-0.05, 0) is 73.7 Å². The number of nitrogens with zero attached hydrogens (tertiary/aromatic N) is 2. The molecule has 3 aromatic carbocycles. The van der Waals surface area contributed by atoms with Crippen molar-refractivity contribution < 1.29 is 23.9 Å². The van der Waals surface area contributed by atoms with E-state index >= 15 is 0 Å². The molecule has 2 fully saturated rings. The molecule has 3 unspecified atom stereocenters. The monoisotopic (exact) mass is 566 g/mol. The van der Waals surface area contributed by atoms with Gasteiger partial charge in [0, 0.05) is 21.5 Å². The second-order valence-corrected chi connectivity index (χ2v) is 11.2. The van der Waals surface area contributed by atoms with Gasteiger partial charge in [0.2, 0.25) is 11.8 Å². The maximum atomic E-state index is 13.2. The van der Waals surface area contributed by atoms with Gasteiger partial charge in [0.15, 0.2) is 12.4 Å². The van der Waals surface area contributed by atoms with Gasteiger partial charge in [-0.2, -0.15) is 0 Å². The fourth-order valence-corrected chi connectivity index (χ4v) is 5.97. The minimum Gasteiger partial charge on any atom is -0.454 e. The Morgan fingerprint density at radius 3 is 2.39 bits per heavy atom. The smallest absolute Gasteiger partial charge is 0.339 e. The lowest BCUT2D eigenvalue weighted by molar-refractivity contribution is -0.122. The first-order valence-electron chi connectivity index (χ1n) is 13.6. The van der Waals surface area contributed by atoms with Crippen LogP contribution in [0, 0.1) is 17.8 Å². The van der Waals surface area contributed by atoms with Gasteiger partial charge in [-0.3, -0.25) is 19.3 Å². The highest BCUT2D eigenvalue weighted by Crippen LogP contribution is 2.42. The summed E-state index contributed by atoms with van der Waals surface area (Å²) in [6, 6.07) is 22.3. The maximum Gasteiger partial charge on any atom is 0.339 e. The van der Waals surface area contributed by atoms with E-state index in [4.69, 9.17) is 21.3 Å². The number of aromatic nitrogens is 1. The zero-order valence-electron chi connectivity index (χ0n) is 22.4. The second-order valence-electron chi connectivity index (χ2n) is 10.8. The van der Waals surface area contributed by atoms with Crippen LogP contribution in [0.2, 0.25) is 5.02 Å². The highest BCUT2D eigenvalue weighted by Gasteiger charge is 2.49. The van der Waals surface area contributed by atoms with E-state index in [2.05, 4.69) is 6.92 Å². The number of hydrogen-bond acceptors (Lipinski definition) is 6. The van der Waals surface area contributed by atoms with Crippen LogP contribution in [0.4, 0.5) is 5.69 Å². The molecule has 41 heavy (non-hydrogen) atoms. The molecule has 2 aliphatic rings. The van der Waals surface area contributed by atoms with Gasteiger partial charge in [-0.25, -0.2) is 9.78 Å². The van der Waals surface area contributed by atoms with E-state index in [1.165, 1.54) is 4.90 Å². The lowest BCUT2D eigenvalue weighted by Gasteiger charge is -2.25. The largest absolute Gasteiger partial charge is 0.454 e. The van der Waals surface area contributed by atoms with E-state index in [1.807, 2.05) is 6.07 Å². The minimum absolute atomic E-state index is 0.123. The molecule has 1 saturated carbocycles. The van der Waals surface area contributed by atoms with Crippen molar-refractivity contribution in [2.45, 2.75) is 26.2 Å². The summed E-state index contributed by atoms with van der Waals surface area (Å²) in [6.45, 7) is 1.71. The lowest BCUT2D eigenvalue weighted by atomic mass is 9.76. The Balaban J connectivity index is 1.25. The van der Waals surface area contributed by atoms with Crippen molar-refractivity contribution in [3.8, 4) is 11.3 Å². The van der Waals surface area contributed by atoms with Crippen molar-refractivity contribution in [3.05, 3.63) is 95.0 Å². The molecule has 2 heterocycles. The Bertz CT molecular complexity index is 1680. The van der Waals surface area contributed by atoms with Gasteiger partial charge in [-0.15, -0.1) is 0 Å². The van der Waals surface area contributed by atoms with Crippen LogP contribution < -0.4 is 4.90 Å². The first kappa shape index (κ1) is 26.8. The molecule has 3 atom stereocenters. The molecule has 0 radical (unpaired) electrons. The minimum atomic E-state index is -0.645. The fraction of sp³-hybridized carbons (Fsp3) is 0.242. The van der Waals surface area contributed by atoms with E-state index in [1.54, 1.807) is 72.8 Å². The van der Waals surface area contributed by atoms with Crippen molar-refractivity contribution in [1.82, 2.24) is 4.98 Å². The number of esters is 1. The van der Waals surface area contributed by atoms with E-state index in [-0.39, 0.29) is 35.0 Å². The number of rotatable bonds is 6. The fourth-order valence-electron chi connectivity index (χ4n) is 5.85. The zero-order valence-corrected chi connectivity index (χ0v) is 23.1. The number of benzene rings is 3. The van der Waals surface area contributed by atoms with Crippen molar-refractivity contribution >= 4 is 51.8 Å². The molecule has 1 aliphatic carbocycles. The van der Waals surface area contributed by atoms with Gasteiger partial charge in [-0.1, -0.05) is 48.9 Å². The molecular formula is C33H27ClN2O5. The standard InChI is InChI=1S/C33H27ClN2O5/c1-19-6-15-25-26(16-19)32(39)36(31(25)38)23-13-9-20(10-14-23)29-17-27(24-4-2-3-5-28(24)35-29)33(40)41-18-30(37)21-7-11-22(34)12-8-21/h2-5,7-14,17,19,25-26H,6,15-16,18H2,1H3. The van der Waals surface area contributed by atoms with E-state index in [0.717, 1.165) is 19.3 Å². The third kappa shape index (κ3) is 5.13. The number of fused-ring (bicyclic) bond motifs is 2. The van der Waals surface area contributed by atoms with Crippen LogP contribution in [-0.2, 0) is 14.3 Å². The van der Waals surface area contributed by atoms with Crippen LogP contribution in [0.5, 0.6) is 0 Å². The average molecular weight is 567 g/mol. The Kier molecular flexibility index (Phi) is 7.14. The third-order valence-electron chi connectivity index (χ3n) is 8.05. The molecule has 0 N–H and O–H groups in total. The number of amides is 2. The quantitative estimate of drug-likeness (QED) is 0.150. The number of ketones is 1. The number of Topliss-reactive ketones (excluding diaryl/α,β-unsaturated/α-hetero) is 1. The molecule has 0 bridgehead atoms. The first-order valence-corrected chi connectivity index (χ1v) is 14.0. The number of ether oxygens (including phenoxy) is 1. The molecule has 206 valence electrons. The topological polar surface area (TPSA) is 93.6 Å². The number of hydrogen-bond donors (Lipinski definition) is 0. The predicted molar refractivity (Wildman–Crippen MR) is 156 cm³/mol. The predicted octanol–water partition coefficient (Wildman–Crippen LogP) is 6.52. The Labute approximate surface area is 242 Å². The summed E-state index contributed by atoms with van der Waals surface area (Å²) < 4.78 is 5.41. The van der Waals surface area contributed by atoms with Crippen molar-refractivity contribution in [3.63, 3.8) is 0 Å². The lowest BCUT2D eigenvalue weighted by Crippen LogP contribution is -2.30. The third-order valence-corrected chi connectivity index (χ3v) is 8.30. The van der Waals surface area contributed by atoms with Gasteiger partial charge < -0.3 is 4.74 Å². The summed E-state index contributed by atoms with van der Waals surface area (Å²) in [5, 5.41) is 1.11. The van der Waals surface area contributed by atoms with Crippen molar-refractivity contribution in [2.75, 3.05) is 11.5 Å². The number of pyridine rings is 1. The molecular weight excluding hydrogens is 540 g/mol. The number of halogens is 1. The molecule has 0 spiro atoms. The summed E-state index contributed by atoms with van der Waals surface area (Å²) in [7, 11) is 0. The highest BCUT2D eigenvalue weighted by atomic mass is 35.5. The van der Waals surface area contributed by atoms with E-state index < -0.39 is 12.6 Å². The van der Waals surface area contributed by atoms with E-state index in [9.17, 15) is 19.2 Å². The molecule has 1 aromatic heterocycles. The highest BCUT2D eigenvalue weighted by molar-refractivity contribution is 6.30. The van der Waals surface area contributed by atoms with Crippen LogP contribution >= 0.6 is 11.6 Å². The van der Waals surface area contributed by atoms with Crippen LogP contribution in [0.25, 0.3) is 22.2 Å². The molecule has 4 aromatic rings. The number of carbonyl (C=O) groups is 4. The van der Waals surface area contributed by atoms with Gasteiger partial charge in [0.05, 0.1) is 34.3 Å². The molecule has 6 rings (SSSR count). The molecule has 8 heteroatoms. The SMILES string of the molecule is CC1CCC2C(=O)N(c3ccc(-c4cc(C(=O)OCC(=O)c5ccc(Cl)cc5)c5ccccc5n4)cc3)C(=O)C2C1. The van der Waals surface area contributed by atoms with Gasteiger partial charge in [0.1, 0.15) is 0 Å². The summed E-state index contributed by atoms with van der Waals surface area (Å²) in [5.74, 6) is -1.28. The second kappa shape index (κ2) is 10.9. The Morgan fingerprint density at radius 2 is 1.63 bits per heavy atom.